The lowest BCUT2D eigenvalue weighted by molar-refractivity contribution is -0.147. The number of carbonyl (C=O) groups excluding carboxylic acids is 3. The largest absolute Gasteiger partial charge is 0.467 e. The average Bonchev–Trinajstić information content (AvgIpc) is 2.76. The minimum atomic E-state index is -1.06. The van der Waals surface area contributed by atoms with E-state index >= 15 is 0 Å². The van der Waals surface area contributed by atoms with Crippen LogP contribution in [0.5, 0.6) is 0 Å². The van der Waals surface area contributed by atoms with Crippen LogP contribution in [0.1, 0.15) is 87.0 Å². The molecule has 2 rings (SSSR count). The highest BCUT2D eigenvalue weighted by molar-refractivity contribution is 5.82. The third kappa shape index (κ3) is 7.51. The molecular formula is C26H46N2O6. The van der Waals surface area contributed by atoms with Gasteiger partial charge in [0.05, 0.1) is 7.11 Å². The topological polar surface area (TPSA) is 94.2 Å². The lowest BCUT2D eigenvalue weighted by Crippen LogP contribution is -2.56. The van der Waals surface area contributed by atoms with Crippen LogP contribution < -0.4 is 5.43 Å². The van der Waals surface area contributed by atoms with E-state index in [1.165, 1.54) is 14.0 Å². The number of ether oxygens (including phenoxy) is 3. The third-order valence-electron chi connectivity index (χ3n) is 7.77. The number of methoxy groups -OCH3 is 1. The van der Waals surface area contributed by atoms with Crippen molar-refractivity contribution in [3.8, 4) is 0 Å². The molecule has 34 heavy (non-hydrogen) atoms. The summed E-state index contributed by atoms with van der Waals surface area (Å²) in [4.78, 5) is 38.4. The molecule has 8 heteroatoms. The lowest BCUT2D eigenvalue weighted by Gasteiger charge is -2.39. The lowest BCUT2D eigenvalue weighted by atomic mass is 9.75. The molecule has 2 fully saturated rings. The molecule has 0 aromatic carbocycles. The van der Waals surface area contributed by atoms with Gasteiger partial charge in [0.1, 0.15) is 12.2 Å². The summed E-state index contributed by atoms with van der Waals surface area (Å²) in [5.74, 6) is 1.48. The summed E-state index contributed by atoms with van der Waals surface area (Å²) >= 11 is 0. The van der Waals surface area contributed by atoms with Gasteiger partial charge in [-0.1, -0.05) is 54.4 Å². The maximum Gasteiger partial charge on any atom is 0.429 e. The Hall–Kier alpha value is -1.99. The highest BCUT2D eigenvalue weighted by Crippen LogP contribution is 2.36. The zero-order chi connectivity index (χ0) is 25.6. The molecule has 0 radical (unpaired) electrons. The summed E-state index contributed by atoms with van der Waals surface area (Å²) in [6, 6.07) is -1.06. The Labute approximate surface area is 205 Å². The standard InChI is InChI=1S/C26H46N2O6/c1-15(2)20-11-9-17(5)13-22(20)33-25(30)27-28(19(7)24(29)32-8)26(31)34-23-14-18(6)10-12-21(23)16(3)4/h15-23H,9-14H2,1-8H3,(H,27,30)/t17-,18-,19+,20+,21+,22-,23-/m0/s1. The first kappa shape index (κ1) is 28.2. The van der Waals surface area contributed by atoms with Crippen molar-refractivity contribution in [3.63, 3.8) is 0 Å². The minimum absolute atomic E-state index is 0.234. The second kappa shape index (κ2) is 12.6. The van der Waals surface area contributed by atoms with E-state index in [4.69, 9.17) is 14.2 Å². The van der Waals surface area contributed by atoms with Gasteiger partial charge in [-0.2, -0.15) is 0 Å². The SMILES string of the molecule is COC(=O)[C@@H](C)N(NC(=O)O[C@H]1C[C@@H](C)CC[C@@H]1C(C)C)C(=O)O[C@H]1C[C@@H](C)CC[C@@H]1C(C)C. The van der Waals surface area contributed by atoms with Gasteiger partial charge in [0.15, 0.2) is 6.04 Å². The van der Waals surface area contributed by atoms with E-state index in [1.54, 1.807) is 0 Å². The fourth-order valence-corrected chi connectivity index (χ4v) is 5.53. The zero-order valence-corrected chi connectivity index (χ0v) is 22.3. The first-order valence-corrected chi connectivity index (χ1v) is 13.0. The van der Waals surface area contributed by atoms with E-state index in [9.17, 15) is 14.4 Å². The highest BCUT2D eigenvalue weighted by atomic mass is 16.6. The number of hydrogen-bond donors (Lipinski definition) is 1. The molecule has 8 nitrogen and oxygen atoms in total. The number of nitrogens with zero attached hydrogens (tertiary/aromatic N) is 1. The molecule has 7 atom stereocenters. The Bertz CT molecular complexity index is 697. The quantitative estimate of drug-likeness (QED) is 0.303. The molecule has 196 valence electrons. The van der Waals surface area contributed by atoms with Crippen molar-refractivity contribution < 1.29 is 28.6 Å². The van der Waals surface area contributed by atoms with Gasteiger partial charge in [0.25, 0.3) is 0 Å². The molecule has 2 saturated carbocycles. The van der Waals surface area contributed by atoms with Crippen molar-refractivity contribution >= 4 is 18.2 Å². The van der Waals surface area contributed by atoms with Crippen LogP contribution in [0.15, 0.2) is 0 Å². The first-order valence-electron chi connectivity index (χ1n) is 13.0. The van der Waals surface area contributed by atoms with Crippen LogP contribution in [0.3, 0.4) is 0 Å². The number of esters is 1. The number of hydrazine groups is 1. The summed E-state index contributed by atoms with van der Waals surface area (Å²) in [6.07, 6.45) is 3.70. The van der Waals surface area contributed by atoms with Gasteiger partial charge in [-0.05, 0) is 68.1 Å². The van der Waals surface area contributed by atoms with Crippen LogP contribution in [0.4, 0.5) is 9.59 Å². The molecule has 0 aromatic rings. The summed E-state index contributed by atoms with van der Waals surface area (Å²) < 4.78 is 16.5. The molecule has 0 unspecified atom stereocenters. The molecule has 1 N–H and O–H groups in total. The maximum absolute atomic E-state index is 13.2. The second-order valence-corrected chi connectivity index (χ2v) is 11.2. The number of amides is 2. The molecule has 0 saturated heterocycles. The van der Waals surface area contributed by atoms with Gasteiger partial charge in [0.2, 0.25) is 0 Å². The van der Waals surface area contributed by atoms with Gasteiger partial charge in [-0.25, -0.2) is 24.8 Å². The number of hydrogen-bond acceptors (Lipinski definition) is 6. The molecule has 0 bridgehead atoms. The molecule has 0 heterocycles. The van der Waals surface area contributed by atoms with Crippen molar-refractivity contribution in [2.45, 2.75) is 105 Å². The van der Waals surface area contributed by atoms with E-state index in [0.29, 0.717) is 23.7 Å². The monoisotopic (exact) mass is 482 g/mol. The summed E-state index contributed by atoms with van der Waals surface area (Å²) in [6.45, 7) is 14.3. The van der Waals surface area contributed by atoms with Crippen LogP contribution in [0, 0.1) is 35.5 Å². The number of rotatable bonds is 6. The Morgan fingerprint density at radius 2 is 1.26 bits per heavy atom. The van der Waals surface area contributed by atoms with E-state index in [2.05, 4.69) is 47.0 Å². The molecule has 0 aromatic heterocycles. The Morgan fingerprint density at radius 1 is 0.794 bits per heavy atom. The van der Waals surface area contributed by atoms with Gasteiger partial charge < -0.3 is 14.2 Å². The van der Waals surface area contributed by atoms with E-state index < -0.39 is 24.2 Å². The van der Waals surface area contributed by atoms with Crippen LogP contribution in [0.25, 0.3) is 0 Å². The number of nitrogens with one attached hydrogen (secondary N) is 1. The fraction of sp³-hybridized carbons (Fsp3) is 0.885. The third-order valence-corrected chi connectivity index (χ3v) is 7.77. The van der Waals surface area contributed by atoms with Gasteiger partial charge >= 0.3 is 18.2 Å². The number of carbonyl (C=O) groups is 3. The average molecular weight is 483 g/mol. The Balaban J connectivity index is 2.14. The molecule has 2 amide bonds. The molecule has 2 aliphatic carbocycles. The van der Waals surface area contributed by atoms with Crippen molar-refractivity contribution in [2.24, 2.45) is 35.5 Å². The predicted octanol–water partition coefficient (Wildman–Crippen LogP) is 5.55. The van der Waals surface area contributed by atoms with Crippen LogP contribution >= 0.6 is 0 Å². The minimum Gasteiger partial charge on any atom is -0.467 e. The Morgan fingerprint density at radius 3 is 1.71 bits per heavy atom. The van der Waals surface area contributed by atoms with Crippen molar-refractivity contribution in [1.82, 2.24) is 10.4 Å². The van der Waals surface area contributed by atoms with Gasteiger partial charge in [-0.3, -0.25) is 0 Å². The van der Waals surface area contributed by atoms with Crippen molar-refractivity contribution in [1.29, 1.82) is 0 Å². The van der Waals surface area contributed by atoms with E-state index in [0.717, 1.165) is 43.5 Å². The smallest absolute Gasteiger partial charge is 0.429 e. The predicted molar refractivity (Wildman–Crippen MR) is 130 cm³/mol. The first-order chi connectivity index (χ1) is 15.9. The van der Waals surface area contributed by atoms with E-state index in [-0.39, 0.29) is 24.0 Å². The molecular weight excluding hydrogens is 436 g/mol. The molecule has 2 aliphatic rings. The highest BCUT2D eigenvalue weighted by Gasteiger charge is 2.38. The Kier molecular flexibility index (Phi) is 10.5. The summed E-state index contributed by atoms with van der Waals surface area (Å²) in [5, 5.41) is 0.918. The normalized spacial score (nSPS) is 30.4. The van der Waals surface area contributed by atoms with Gasteiger partial charge in [0, 0.05) is 0 Å². The van der Waals surface area contributed by atoms with Gasteiger partial charge in [-0.15, -0.1) is 0 Å². The second-order valence-electron chi connectivity index (χ2n) is 11.2. The van der Waals surface area contributed by atoms with Crippen LogP contribution in [-0.2, 0) is 19.0 Å². The fourth-order valence-electron chi connectivity index (χ4n) is 5.53. The van der Waals surface area contributed by atoms with Crippen LogP contribution in [-0.4, -0.2) is 48.5 Å². The van der Waals surface area contributed by atoms with Crippen LogP contribution in [0.2, 0.25) is 0 Å². The maximum atomic E-state index is 13.2. The molecule has 0 spiro atoms. The van der Waals surface area contributed by atoms with Crippen molar-refractivity contribution in [3.05, 3.63) is 0 Å². The molecule has 0 aliphatic heterocycles. The van der Waals surface area contributed by atoms with Crippen molar-refractivity contribution in [2.75, 3.05) is 7.11 Å². The van der Waals surface area contributed by atoms with E-state index in [1.807, 2.05) is 0 Å². The zero-order valence-electron chi connectivity index (χ0n) is 22.3. The summed E-state index contributed by atoms with van der Waals surface area (Å²) in [7, 11) is 1.24. The summed E-state index contributed by atoms with van der Waals surface area (Å²) in [5.41, 5.74) is 2.50.